The number of ether oxygens (including phenoxy) is 1. The molecule has 0 N–H and O–H groups in total. The summed E-state index contributed by atoms with van der Waals surface area (Å²) in [5, 5.41) is 0. The minimum absolute atomic E-state index is 0. The average Bonchev–Trinajstić information content (AvgIpc) is 2.56. The fourth-order valence-electron chi connectivity index (χ4n) is 3.67. The van der Waals surface area contributed by atoms with Crippen molar-refractivity contribution in [3.05, 3.63) is 12.7 Å². The van der Waals surface area contributed by atoms with Crippen molar-refractivity contribution < 1.29 is 9.53 Å². The number of nitrogens with zero attached hydrogens (tertiary/aromatic N) is 1. The Hall–Kier alpha value is -0.540. The summed E-state index contributed by atoms with van der Waals surface area (Å²) >= 11 is 0. The summed E-state index contributed by atoms with van der Waals surface area (Å²) in [6, 6.07) is 0. The highest BCUT2D eigenvalue weighted by Gasteiger charge is 2.31. The maximum atomic E-state index is 12.6. The van der Waals surface area contributed by atoms with Crippen LogP contribution in [0.2, 0.25) is 0 Å². The summed E-state index contributed by atoms with van der Waals surface area (Å²) < 4.78 is 5.75. The second kappa shape index (κ2) is 11.9. The van der Waals surface area contributed by atoms with Crippen LogP contribution in [0.4, 0.5) is 0 Å². The molecule has 0 heterocycles. The van der Waals surface area contributed by atoms with E-state index in [-0.39, 0.29) is 29.7 Å². The molecule has 0 amide bonds. The third-order valence-electron chi connectivity index (χ3n) is 5.09. The predicted octanol–water partition coefficient (Wildman–Crippen LogP) is 5.09. The summed E-state index contributed by atoms with van der Waals surface area (Å²) in [6.07, 6.45) is 8.76. The Labute approximate surface area is 155 Å². The number of rotatable bonds is 10. The number of halogens is 1. The van der Waals surface area contributed by atoms with Crippen LogP contribution in [0.1, 0.15) is 66.2 Å². The van der Waals surface area contributed by atoms with Gasteiger partial charge in [0.15, 0.2) is 0 Å². The molecule has 1 aliphatic rings. The van der Waals surface area contributed by atoms with Gasteiger partial charge in [0.1, 0.15) is 0 Å². The Balaban J connectivity index is 0.00000529. The molecule has 1 aliphatic carbocycles. The summed E-state index contributed by atoms with van der Waals surface area (Å²) in [4.78, 5) is 15.0. The molecule has 1 fully saturated rings. The smallest absolute Gasteiger partial charge is 0.309 e. The zero-order chi connectivity index (χ0) is 17.3. The molecule has 0 radical (unpaired) electrons. The van der Waals surface area contributed by atoms with E-state index < -0.39 is 0 Å². The van der Waals surface area contributed by atoms with Crippen molar-refractivity contribution in [2.45, 2.75) is 66.2 Å². The molecule has 24 heavy (non-hydrogen) atoms. The van der Waals surface area contributed by atoms with E-state index in [0.29, 0.717) is 12.5 Å². The molecule has 0 bridgehead atoms. The van der Waals surface area contributed by atoms with E-state index in [1.165, 1.54) is 19.3 Å². The van der Waals surface area contributed by atoms with Crippen LogP contribution < -0.4 is 0 Å². The fraction of sp³-hybridized carbons (Fsp3) is 0.850. The van der Waals surface area contributed by atoms with Crippen molar-refractivity contribution in [2.24, 2.45) is 17.3 Å². The molecule has 142 valence electrons. The van der Waals surface area contributed by atoms with Gasteiger partial charge in [-0.3, -0.25) is 4.79 Å². The highest BCUT2D eigenvalue weighted by atomic mass is 35.5. The fourth-order valence-corrected chi connectivity index (χ4v) is 3.67. The van der Waals surface area contributed by atoms with Gasteiger partial charge in [0.25, 0.3) is 0 Å². The van der Waals surface area contributed by atoms with Gasteiger partial charge in [-0.15, -0.1) is 19.0 Å². The molecule has 1 unspecified atom stereocenters. The van der Waals surface area contributed by atoms with Gasteiger partial charge in [-0.25, -0.2) is 0 Å². The van der Waals surface area contributed by atoms with Gasteiger partial charge in [-0.2, -0.15) is 0 Å². The van der Waals surface area contributed by atoms with Gasteiger partial charge in [0, 0.05) is 12.0 Å². The molecule has 0 aromatic heterocycles. The minimum atomic E-state index is -0.00979. The lowest BCUT2D eigenvalue weighted by Crippen LogP contribution is -2.38. The monoisotopic (exact) mass is 359 g/mol. The highest BCUT2D eigenvalue weighted by Crippen LogP contribution is 2.33. The lowest BCUT2D eigenvalue weighted by molar-refractivity contribution is -0.154. The quantitative estimate of drug-likeness (QED) is 0.402. The van der Waals surface area contributed by atoms with Crippen molar-refractivity contribution in [3.8, 4) is 0 Å². The van der Waals surface area contributed by atoms with Crippen LogP contribution in [0.15, 0.2) is 12.7 Å². The molecule has 1 atom stereocenters. The second-order valence-corrected chi connectivity index (χ2v) is 7.76. The van der Waals surface area contributed by atoms with Gasteiger partial charge < -0.3 is 9.64 Å². The van der Waals surface area contributed by atoms with Crippen molar-refractivity contribution >= 4 is 18.4 Å². The normalized spacial score (nSPS) is 17.2. The third kappa shape index (κ3) is 8.02. The standard InChI is InChI=1S/C20H37NO2.ClH/c1-6-12-18(17-13-10-9-11-14-17)19(22)23-16-20(4,5)15-21(7-2)8-3;/h6,17-18H,1,7-16H2,2-5H3;1H. The van der Waals surface area contributed by atoms with E-state index in [9.17, 15) is 4.79 Å². The van der Waals surface area contributed by atoms with Crippen LogP contribution in [0.25, 0.3) is 0 Å². The third-order valence-corrected chi connectivity index (χ3v) is 5.09. The average molecular weight is 360 g/mol. The van der Waals surface area contributed by atoms with Crippen LogP contribution in [-0.4, -0.2) is 37.1 Å². The molecule has 0 spiro atoms. The summed E-state index contributed by atoms with van der Waals surface area (Å²) in [7, 11) is 0. The predicted molar refractivity (Wildman–Crippen MR) is 105 cm³/mol. The number of hydrogen-bond donors (Lipinski definition) is 0. The molecule has 4 heteroatoms. The number of allylic oxidation sites excluding steroid dienone is 1. The molecular weight excluding hydrogens is 322 g/mol. The van der Waals surface area contributed by atoms with Crippen LogP contribution >= 0.6 is 12.4 Å². The lowest BCUT2D eigenvalue weighted by atomic mass is 9.78. The van der Waals surface area contributed by atoms with Gasteiger partial charge >= 0.3 is 5.97 Å². The largest absolute Gasteiger partial charge is 0.465 e. The first-order valence-electron chi connectivity index (χ1n) is 9.43. The Morgan fingerprint density at radius 1 is 1.25 bits per heavy atom. The maximum absolute atomic E-state index is 12.6. The Morgan fingerprint density at radius 3 is 2.33 bits per heavy atom. The van der Waals surface area contributed by atoms with E-state index in [4.69, 9.17) is 4.74 Å². The zero-order valence-corrected chi connectivity index (χ0v) is 17.0. The van der Waals surface area contributed by atoms with Crippen molar-refractivity contribution in [1.29, 1.82) is 0 Å². The molecular formula is C20H38ClNO2. The van der Waals surface area contributed by atoms with Crippen molar-refractivity contribution in [1.82, 2.24) is 4.90 Å². The first-order valence-corrected chi connectivity index (χ1v) is 9.43. The minimum Gasteiger partial charge on any atom is -0.465 e. The topological polar surface area (TPSA) is 29.5 Å². The van der Waals surface area contributed by atoms with Crippen LogP contribution in [-0.2, 0) is 9.53 Å². The zero-order valence-electron chi connectivity index (χ0n) is 16.2. The summed E-state index contributed by atoms with van der Waals surface area (Å²) in [5.41, 5.74) is -0.00697. The molecule has 1 saturated carbocycles. The molecule has 0 aromatic carbocycles. The number of hydrogen-bond acceptors (Lipinski definition) is 3. The molecule has 0 saturated heterocycles. The SMILES string of the molecule is C=CCC(C(=O)OCC(C)(C)CN(CC)CC)C1CCCCC1.Cl. The number of carbonyl (C=O) groups excluding carboxylic acids is 1. The number of esters is 1. The maximum Gasteiger partial charge on any atom is 0.309 e. The first kappa shape index (κ1) is 23.5. The Kier molecular flexibility index (Phi) is 11.6. The number of carbonyl (C=O) groups is 1. The first-order chi connectivity index (χ1) is 10.9. The van der Waals surface area contributed by atoms with Gasteiger partial charge in [0.05, 0.1) is 12.5 Å². The molecule has 0 aliphatic heterocycles. The summed E-state index contributed by atoms with van der Waals surface area (Å²) in [5.74, 6) is 0.488. The van der Waals surface area contributed by atoms with Gasteiger partial charge in [-0.05, 0) is 38.3 Å². The Bertz CT molecular complexity index is 361. The highest BCUT2D eigenvalue weighted by molar-refractivity contribution is 5.85. The molecule has 0 aromatic rings. The van der Waals surface area contributed by atoms with Crippen LogP contribution in [0.5, 0.6) is 0 Å². The van der Waals surface area contributed by atoms with E-state index >= 15 is 0 Å². The van der Waals surface area contributed by atoms with Crippen molar-refractivity contribution in [3.63, 3.8) is 0 Å². The van der Waals surface area contributed by atoms with E-state index in [0.717, 1.165) is 38.9 Å². The van der Waals surface area contributed by atoms with E-state index in [1.807, 2.05) is 6.08 Å². The molecule has 3 nitrogen and oxygen atoms in total. The lowest BCUT2D eigenvalue weighted by Gasteiger charge is -2.33. The van der Waals surface area contributed by atoms with Gasteiger partial charge in [-0.1, -0.05) is 53.0 Å². The van der Waals surface area contributed by atoms with E-state index in [1.54, 1.807) is 0 Å². The van der Waals surface area contributed by atoms with E-state index in [2.05, 4.69) is 39.2 Å². The molecule has 1 rings (SSSR count). The summed E-state index contributed by atoms with van der Waals surface area (Å²) in [6.45, 7) is 16.1. The second-order valence-electron chi connectivity index (χ2n) is 7.76. The van der Waals surface area contributed by atoms with Crippen LogP contribution in [0, 0.1) is 17.3 Å². The Morgan fingerprint density at radius 2 is 1.83 bits per heavy atom. The van der Waals surface area contributed by atoms with Crippen LogP contribution in [0.3, 0.4) is 0 Å². The van der Waals surface area contributed by atoms with Crippen molar-refractivity contribution in [2.75, 3.05) is 26.2 Å². The van der Waals surface area contributed by atoms with Gasteiger partial charge in [0.2, 0.25) is 0 Å².